The number of aryl methyl sites for hydroxylation is 1. The lowest BCUT2D eigenvalue weighted by atomic mass is 10.1. The second-order valence-electron chi connectivity index (χ2n) is 8.52. The molecule has 1 amide bonds. The van der Waals surface area contributed by atoms with Crippen LogP contribution in [0.25, 0.3) is 21.8 Å². The molecule has 0 spiro atoms. The van der Waals surface area contributed by atoms with Crippen LogP contribution in [0.15, 0.2) is 60.1 Å². The van der Waals surface area contributed by atoms with Crippen molar-refractivity contribution < 1.29 is 4.79 Å². The zero-order valence-corrected chi connectivity index (χ0v) is 21.6. The van der Waals surface area contributed by atoms with E-state index in [1.165, 1.54) is 11.3 Å². The Bertz CT molecular complexity index is 1520. The number of carbonyl (C=O) groups is 1. The van der Waals surface area contributed by atoms with Crippen molar-refractivity contribution in [3.8, 4) is 21.8 Å². The zero-order chi connectivity index (χ0) is 25.2. The topological polar surface area (TPSA) is 122 Å². The lowest BCUT2D eigenvalue weighted by Gasteiger charge is -2.09. The molecule has 0 saturated carbocycles. The normalized spacial score (nSPS) is 11.1. The minimum Gasteiger partial charge on any atom is -0.397 e. The highest BCUT2D eigenvalue weighted by atomic mass is 32.1. The number of nitrogens with zero attached hydrogens (tertiary/aromatic N) is 3. The number of aromatic nitrogens is 4. The first-order chi connectivity index (χ1) is 17.4. The van der Waals surface area contributed by atoms with Gasteiger partial charge in [-0.25, -0.2) is 15.0 Å². The fraction of sp³-hybridized carbons (Fsp3) is 0.154. The molecule has 4 aromatic heterocycles. The summed E-state index contributed by atoms with van der Waals surface area (Å²) in [5.41, 5.74) is 10.8. The van der Waals surface area contributed by atoms with Crippen molar-refractivity contribution >= 4 is 50.9 Å². The molecule has 5 N–H and O–H groups in total. The van der Waals surface area contributed by atoms with Crippen molar-refractivity contribution in [3.05, 3.63) is 76.5 Å². The maximum Gasteiger partial charge on any atom is 0.265 e. The molecule has 1 aromatic carbocycles. The Hall–Kier alpha value is -4.02. The van der Waals surface area contributed by atoms with Gasteiger partial charge >= 0.3 is 0 Å². The lowest BCUT2D eigenvalue weighted by molar-refractivity contribution is 0.103. The van der Waals surface area contributed by atoms with Crippen molar-refractivity contribution in [3.63, 3.8) is 0 Å². The van der Waals surface area contributed by atoms with Gasteiger partial charge in [0.25, 0.3) is 5.91 Å². The van der Waals surface area contributed by atoms with E-state index >= 15 is 0 Å². The predicted octanol–water partition coefficient (Wildman–Crippen LogP) is 6.67. The molecule has 8 nitrogen and oxygen atoms in total. The Balaban J connectivity index is 1.32. The van der Waals surface area contributed by atoms with Gasteiger partial charge in [0, 0.05) is 11.1 Å². The molecule has 4 heterocycles. The van der Waals surface area contributed by atoms with Crippen LogP contribution in [-0.4, -0.2) is 25.8 Å². The highest BCUT2D eigenvalue weighted by molar-refractivity contribution is 7.18. The van der Waals surface area contributed by atoms with Crippen molar-refractivity contribution in [2.75, 3.05) is 16.4 Å². The largest absolute Gasteiger partial charge is 0.397 e. The third-order valence-electron chi connectivity index (χ3n) is 5.48. The third kappa shape index (κ3) is 5.00. The average molecular weight is 516 g/mol. The molecule has 10 heteroatoms. The summed E-state index contributed by atoms with van der Waals surface area (Å²) in [7, 11) is 0. The van der Waals surface area contributed by atoms with Crippen molar-refractivity contribution in [1.82, 2.24) is 19.9 Å². The van der Waals surface area contributed by atoms with Crippen LogP contribution >= 0.6 is 22.7 Å². The Morgan fingerprint density at radius 2 is 1.97 bits per heavy atom. The number of anilines is 4. The second kappa shape index (κ2) is 9.92. The van der Waals surface area contributed by atoms with Crippen molar-refractivity contribution in [2.45, 2.75) is 26.7 Å². The molecule has 0 aliphatic heterocycles. The maximum absolute atomic E-state index is 12.9. The van der Waals surface area contributed by atoms with Crippen molar-refractivity contribution in [2.24, 2.45) is 0 Å². The molecule has 5 aromatic rings. The van der Waals surface area contributed by atoms with Crippen LogP contribution in [0, 0.1) is 6.92 Å². The van der Waals surface area contributed by atoms with E-state index in [2.05, 4.69) is 44.4 Å². The van der Waals surface area contributed by atoms with Crippen LogP contribution in [-0.2, 0) is 0 Å². The molecule has 0 radical (unpaired) electrons. The van der Waals surface area contributed by atoms with Gasteiger partial charge in [-0.05, 0) is 60.2 Å². The summed E-state index contributed by atoms with van der Waals surface area (Å²) in [4.78, 5) is 31.5. The molecule has 0 bridgehead atoms. The van der Waals surface area contributed by atoms with Crippen LogP contribution in [0.3, 0.4) is 0 Å². The summed E-state index contributed by atoms with van der Waals surface area (Å²) in [6, 6.07) is 15.1. The predicted molar refractivity (Wildman–Crippen MR) is 148 cm³/mol. The number of nitrogens with two attached hydrogens (primary N) is 1. The average Bonchev–Trinajstić information content (AvgIpc) is 3.62. The zero-order valence-electron chi connectivity index (χ0n) is 20.0. The van der Waals surface area contributed by atoms with Gasteiger partial charge in [-0.2, -0.15) is 0 Å². The summed E-state index contributed by atoms with van der Waals surface area (Å²) >= 11 is 2.95. The number of thiophene rings is 2. The van der Waals surface area contributed by atoms with E-state index < -0.39 is 0 Å². The van der Waals surface area contributed by atoms with E-state index in [0.717, 1.165) is 38.3 Å². The van der Waals surface area contributed by atoms with Crippen LogP contribution in [0.5, 0.6) is 0 Å². The molecule has 36 heavy (non-hydrogen) atoms. The summed E-state index contributed by atoms with van der Waals surface area (Å²) < 4.78 is 0. The number of aromatic amines is 1. The van der Waals surface area contributed by atoms with Crippen molar-refractivity contribution in [1.29, 1.82) is 0 Å². The van der Waals surface area contributed by atoms with E-state index in [1.54, 1.807) is 23.6 Å². The maximum atomic E-state index is 12.9. The number of amides is 1. The minimum absolute atomic E-state index is 0.229. The number of nitrogen functional groups attached to an aromatic ring is 1. The number of carbonyl (C=O) groups excluding carboxylic acids is 1. The molecule has 0 aliphatic rings. The fourth-order valence-corrected chi connectivity index (χ4v) is 5.28. The lowest BCUT2D eigenvalue weighted by Crippen LogP contribution is -2.11. The second-order valence-corrected chi connectivity index (χ2v) is 10.6. The van der Waals surface area contributed by atoms with Crippen LogP contribution in [0.2, 0.25) is 0 Å². The highest BCUT2D eigenvalue weighted by Gasteiger charge is 2.16. The number of hydrogen-bond acceptors (Lipinski definition) is 8. The van der Waals surface area contributed by atoms with Gasteiger partial charge in [0.2, 0.25) is 5.95 Å². The standard InChI is InChI=1S/C26H25N7OS2/c1-14(2)23-24(30-15(3)29-23)18-10-11-28-26(32-18)33-22-9-8-21(36-22)25(34)31-19-13-16(6-7-17(19)27)20-5-4-12-35-20/h4-14H,27H2,1-3H3,(H,29,30)(H,31,34)(H,28,32,33). The summed E-state index contributed by atoms with van der Waals surface area (Å²) in [5.74, 6) is 1.32. The summed E-state index contributed by atoms with van der Waals surface area (Å²) in [6.07, 6.45) is 1.70. The summed E-state index contributed by atoms with van der Waals surface area (Å²) in [5, 5.41) is 8.91. The van der Waals surface area contributed by atoms with Crippen LogP contribution in [0.1, 0.15) is 41.0 Å². The first-order valence-corrected chi connectivity index (χ1v) is 13.1. The van der Waals surface area contributed by atoms with Gasteiger partial charge in [0.05, 0.1) is 38.3 Å². The molecule has 0 fully saturated rings. The van der Waals surface area contributed by atoms with Crippen LogP contribution < -0.4 is 16.4 Å². The number of nitrogens with one attached hydrogen (secondary N) is 3. The molecule has 5 rings (SSSR count). The fourth-order valence-electron chi connectivity index (χ4n) is 3.76. The van der Waals surface area contributed by atoms with E-state index in [4.69, 9.17) is 5.73 Å². The Labute approximate surface area is 216 Å². The first kappa shape index (κ1) is 23.7. The van der Waals surface area contributed by atoms with Gasteiger partial charge in [-0.1, -0.05) is 26.0 Å². The SMILES string of the molecule is Cc1nc(C(C)C)c(-c2ccnc(Nc3ccc(C(=O)Nc4cc(-c5cccs5)ccc4N)s3)n2)[nH]1. The Morgan fingerprint density at radius 1 is 1.11 bits per heavy atom. The van der Waals surface area contributed by atoms with E-state index in [1.807, 2.05) is 54.8 Å². The van der Waals surface area contributed by atoms with Gasteiger partial charge < -0.3 is 21.4 Å². The summed E-state index contributed by atoms with van der Waals surface area (Å²) in [6.45, 7) is 6.13. The molecule has 0 unspecified atom stereocenters. The van der Waals surface area contributed by atoms with Crippen LogP contribution in [0.4, 0.5) is 22.3 Å². The van der Waals surface area contributed by atoms with Gasteiger partial charge in [-0.15, -0.1) is 22.7 Å². The first-order valence-electron chi connectivity index (χ1n) is 11.4. The number of H-pyrrole nitrogens is 1. The highest BCUT2D eigenvalue weighted by Crippen LogP contribution is 2.32. The minimum atomic E-state index is -0.229. The number of hydrogen-bond donors (Lipinski definition) is 4. The number of imidazole rings is 1. The molecule has 0 atom stereocenters. The van der Waals surface area contributed by atoms with Gasteiger partial charge in [0.1, 0.15) is 5.82 Å². The molecule has 0 saturated heterocycles. The quantitative estimate of drug-likeness (QED) is 0.180. The monoisotopic (exact) mass is 515 g/mol. The van der Waals surface area contributed by atoms with E-state index in [-0.39, 0.29) is 11.8 Å². The third-order valence-corrected chi connectivity index (χ3v) is 7.40. The molecular formula is C26H25N7OS2. The Morgan fingerprint density at radius 3 is 2.75 bits per heavy atom. The molecule has 0 aliphatic carbocycles. The van der Waals surface area contributed by atoms with Gasteiger partial charge in [-0.3, -0.25) is 4.79 Å². The van der Waals surface area contributed by atoms with E-state index in [0.29, 0.717) is 22.2 Å². The molecule has 182 valence electrons. The van der Waals surface area contributed by atoms with Gasteiger partial charge in [0.15, 0.2) is 0 Å². The van der Waals surface area contributed by atoms with E-state index in [9.17, 15) is 4.79 Å². The Kier molecular flexibility index (Phi) is 6.53. The number of rotatable bonds is 7. The number of benzene rings is 1. The molecular weight excluding hydrogens is 490 g/mol. The smallest absolute Gasteiger partial charge is 0.265 e.